The monoisotopic (exact) mass is 769 g/mol. The van der Waals surface area contributed by atoms with Crippen molar-refractivity contribution < 1.29 is 0 Å². The molecule has 1 nitrogen and oxygen atoms in total. The van der Waals surface area contributed by atoms with Gasteiger partial charge in [0.1, 0.15) is 0 Å². The van der Waals surface area contributed by atoms with Crippen LogP contribution in [0, 0.1) is 0 Å². The van der Waals surface area contributed by atoms with Gasteiger partial charge in [0.25, 0.3) is 0 Å². The molecule has 0 saturated heterocycles. The van der Waals surface area contributed by atoms with Gasteiger partial charge in [-0.05, 0) is 137 Å². The molecule has 10 aromatic carbocycles. The van der Waals surface area contributed by atoms with Crippen molar-refractivity contribution in [2.45, 2.75) is 19.3 Å². The van der Waals surface area contributed by atoms with E-state index in [1.54, 1.807) is 0 Å². The molecule has 0 N–H and O–H groups in total. The summed E-state index contributed by atoms with van der Waals surface area (Å²) in [6, 6.07) is 74.4. The van der Waals surface area contributed by atoms with Gasteiger partial charge in [-0.1, -0.05) is 153 Å². The first kappa shape index (κ1) is 34.1. The van der Waals surface area contributed by atoms with Gasteiger partial charge in [0.05, 0.1) is 0 Å². The highest BCUT2D eigenvalue weighted by Crippen LogP contribution is 2.50. The SMILES string of the molecule is CC1(C)c2ccccc2-c2ccc(-c3ccc(N(c4ccc(-c5ccc6sc7ccccc7c6c5)cc4)c4ccc5c6ccccc6c6ccccc6c5c4)cc3)cc21. The van der Waals surface area contributed by atoms with Crippen LogP contribution >= 0.6 is 11.3 Å². The second-order valence-corrected chi connectivity index (χ2v) is 17.6. The smallest absolute Gasteiger partial charge is 0.0468 e. The molecule has 12 rings (SSSR count). The predicted molar refractivity (Wildman–Crippen MR) is 255 cm³/mol. The summed E-state index contributed by atoms with van der Waals surface area (Å²) < 4.78 is 2.66. The number of hydrogen-bond donors (Lipinski definition) is 0. The van der Waals surface area contributed by atoms with Crippen molar-refractivity contribution in [3.05, 3.63) is 211 Å². The third kappa shape index (κ3) is 5.30. The van der Waals surface area contributed by atoms with Crippen molar-refractivity contribution in [1.82, 2.24) is 0 Å². The average Bonchev–Trinajstić information content (AvgIpc) is 3.78. The number of thiophene rings is 1. The van der Waals surface area contributed by atoms with E-state index in [1.807, 2.05) is 11.3 Å². The summed E-state index contributed by atoms with van der Waals surface area (Å²) in [5.74, 6) is 0. The van der Waals surface area contributed by atoms with Crippen LogP contribution in [-0.2, 0) is 5.41 Å². The van der Waals surface area contributed by atoms with E-state index < -0.39 is 0 Å². The van der Waals surface area contributed by atoms with Crippen LogP contribution in [0.15, 0.2) is 200 Å². The van der Waals surface area contributed by atoms with Crippen molar-refractivity contribution in [2.75, 3.05) is 4.90 Å². The highest BCUT2D eigenvalue weighted by molar-refractivity contribution is 7.25. The first-order valence-electron chi connectivity index (χ1n) is 20.5. The molecular formula is C57H39NS. The number of hydrogen-bond acceptors (Lipinski definition) is 2. The highest BCUT2D eigenvalue weighted by atomic mass is 32.1. The maximum atomic E-state index is 2.41. The maximum absolute atomic E-state index is 2.41. The summed E-state index contributed by atoms with van der Waals surface area (Å²) in [6.45, 7) is 4.71. The quantitative estimate of drug-likeness (QED) is 0.158. The first-order valence-corrected chi connectivity index (χ1v) is 21.3. The Morgan fingerprint density at radius 1 is 0.322 bits per heavy atom. The highest BCUT2D eigenvalue weighted by Gasteiger charge is 2.35. The lowest BCUT2D eigenvalue weighted by molar-refractivity contribution is 0.660. The summed E-state index contributed by atoms with van der Waals surface area (Å²) in [6.07, 6.45) is 0. The molecule has 0 radical (unpaired) electrons. The first-order chi connectivity index (χ1) is 29.0. The standard InChI is InChI=1S/C57H39NS/c1-57(2)53-17-9-7-15-48(53)49-30-23-39(34-54(49)57)37-21-27-41(28-22-37)58(42-29-31-47-45-13-4-3-11-43(45)44-12-5-6-14-46(44)51(47)35-42)40-25-19-36(20-26-40)38-24-32-56-52(33-38)50-16-8-10-18-55(50)59-56/h3-35H,1-2H3. The van der Waals surface area contributed by atoms with E-state index in [4.69, 9.17) is 0 Å². The Morgan fingerprint density at radius 3 is 1.47 bits per heavy atom. The molecule has 0 bridgehead atoms. The van der Waals surface area contributed by atoms with Crippen LogP contribution in [0.25, 0.3) is 85.9 Å². The molecule has 2 heteroatoms. The van der Waals surface area contributed by atoms with Gasteiger partial charge in [-0.25, -0.2) is 0 Å². The summed E-state index contributed by atoms with van der Waals surface area (Å²) in [5, 5.41) is 10.3. The van der Waals surface area contributed by atoms with Gasteiger partial charge in [0.2, 0.25) is 0 Å². The molecule has 0 atom stereocenters. The zero-order valence-corrected chi connectivity index (χ0v) is 33.7. The van der Waals surface area contributed by atoms with Gasteiger partial charge in [-0.2, -0.15) is 0 Å². The Kier molecular flexibility index (Phi) is 7.51. The molecule has 59 heavy (non-hydrogen) atoms. The molecule has 0 amide bonds. The number of nitrogens with zero attached hydrogens (tertiary/aromatic N) is 1. The Morgan fingerprint density at radius 2 is 0.797 bits per heavy atom. The van der Waals surface area contributed by atoms with Gasteiger partial charge >= 0.3 is 0 Å². The molecule has 11 aromatic rings. The molecule has 0 spiro atoms. The van der Waals surface area contributed by atoms with E-state index in [0.29, 0.717) is 0 Å². The fraction of sp³-hybridized carbons (Fsp3) is 0.0526. The van der Waals surface area contributed by atoms with Gasteiger partial charge in [-0.3, -0.25) is 0 Å². The molecule has 1 aliphatic rings. The summed E-state index contributed by atoms with van der Waals surface area (Å²) in [5.41, 5.74) is 13.7. The van der Waals surface area contributed by atoms with Crippen molar-refractivity contribution in [3.63, 3.8) is 0 Å². The zero-order chi connectivity index (χ0) is 39.2. The van der Waals surface area contributed by atoms with E-state index in [0.717, 1.165) is 17.1 Å². The third-order valence-corrected chi connectivity index (χ3v) is 14.0. The van der Waals surface area contributed by atoms with E-state index in [1.165, 1.54) is 97.0 Å². The van der Waals surface area contributed by atoms with Gasteiger partial charge in [0.15, 0.2) is 0 Å². The molecule has 1 aromatic heterocycles. The summed E-state index contributed by atoms with van der Waals surface area (Å²) in [4.78, 5) is 2.41. The Bertz CT molecular complexity index is 3430. The van der Waals surface area contributed by atoms with E-state index in [2.05, 4.69) is 219 Å². The van der Waals surface area contributed by atoms with Gasteiger partial charge in [0, 0.05) is 42.6 Å². The minimum atomic E-state index is -0.0420. The average molecular weight is 770 g/mol. The topological polar surface area (TPSA) is 3.24 Å². The van der Waals surface area contributed by atoms with Crippen LogP contribution in [0.5, 0.6) is 0 Å². The number of rotatable bonds is 5. The van der Waals surface area contributed by atoms with Gasteiger partial charge in [-0.15, -0.1) is 11.3 Å². The fourth-order valence-corrected chi connectivity index (χ4v) is 11.0. The summed E-state index contributed by atoms with van der Waals surface area (Å²) >= 11 is 1.86. The number of anilines is 3. The minimum Gasteiger partial charge on any atom is -0.310 e. The Balaban J connectivity index is 0.981. The molecule has 0 unspecified atom stereocenters. The number of benzene rings is 10. The second kappa shape index (κ2) is 13.0. The normalized spacial score (nSPS) is 13.1. The van der Waals surface area contributed by atoms with Gasteiger partial charge < -0.3 is 4.90 Å². The van der Waals surface area contributed by atoms with Crippen molar-refractivity contribution in [3.8, 4) is 33.4 Å². The molecule has 278 valence electrons. The van der Waals surface area contributed by atoms with E-state index in [9.17, 15) is 0 Å². The molecule has 0 fully saturated rings. The molecule has 0 aliphatic heterocycles. The summed E-state index contributed by atoms with van der Waals surface area (Å²) in [7, 11) is 0. The maximum Gasteiger partial charge on any atom is 0.0468 e. The molecule has 0 saturated carbocycles. The van der Waals surface area contributed by atoms with Crippen LogP contribution in [-0.4, -0.2) is 0 Å². The van der Waals surface area contributed by atoms with E-state index in [-0.39, 0.29) is 5.41 Å². The lowest BCUT2D eigenvalue weighted by Gasteiger charge is -2.27. The Hall–Kier alpha value is -7.00. The van der Waals surface area contributed by atoms with E-state index >= 15 is 0 Å². The largest absolute Gasteiger partial charge is 0.310 e. The van der Waals surface area contributed by atoms with Crippen LogP contribution in [0.4, 0.5) is 17.1 Å². The molecular weight excluding hydrogens is 731 g/mol. The fourth-order valence-electron chi connectivity index (χ4n) is 9.88. The Labute approximate surface area is 348 Å². The minimum absolute atomic E-state index is 0.0420. The number of fused-ring (bicyclic) bond motifs is 12. The van der Waals surface area contributed by atoms with Crippen LogP contribution < -0.4 is 4.90 Å². The molecule has 1 heterocycles. The lowest BCUT2D eigenvalue weighted by Crippen LogP contribution is -2.14. The van der Waals surface area contributed by atoms with Crippen LogP contribution in [0.2, 0.25) is 0 Å². The van der Waals surface area contributed by atoms with Crippen molar-refractivity contribution >= 4 is 80.9 Å². The van der Waals surface area contributed by atoms with Crippen LogP contribution in [0.1, 0.15) is 25.0 Å². The van der Waals surface area contributed by atoms with Crippen molar-refractivity contribution in [1.29, 1.82) is 0 Å². The zero-order valence-electron chi connectivity index (χ0n) is 32.9. The van der Waals surface area contributed by atoms with Crippen molar-refractivity contribution in [2.24, 2.45) is 0 Å². The predicted octanol–water partition coefficient (Wildman–Crippen LogP) is 16.6. The lowest BCUT2D eigenvalue weighted by atomic mass is 9.81. The van der Waals surface area contributed by atoms with Crippen LogP contribution in [0.3, 0.4) is 0 Å². The molecule has 1 aliphatic carbocycles. The second-order valence-electron chi connectivity index (χ2n) is 16.5. The third-order valence-electron chi connectivity index (χ3n) is 12.9.